The van der Waals surface area contributed by atoms with Crippen LogP contribution in [0.1, 0.15) is 53.2 Å². The molecule has 3 aliphatic heterocycles. The minimum Gasteiger partial charge on any atom is -0.481 e. The Morgan fingerprint density at radius 3 is 1.38 bits per heavy atom. The largest absolute Gasteiger partial charge is 0.481 e. The molecule has 0 saturated carbocycles. The van der Waals surface area contributed by atoms with Gasteiger partial charge in [-0.15, -0.1) is 0 Å². The summed E-state index contributed by atoms with van der Waals surface area (Å²) in [6.07, 6.45) is 3.96. The van der Waals surface area contributed by atoms with E-state index in [2.05, 4.69) is 43.0 Å². The van der Waals surface area contributed by atoms with E-state index in [9.17, 15) is 29.7 Å². The molecule has 3 aromatic carbocycles. The number of benzene rings is 3. The van der Waals surface area contributed by atoms with Gasteiger partial charge in [-0.25, -0.2) is 9.97 Å². The Bertz CT molecular complexity index is 2120. The van der Waals surface area contributed by atoms with E-state index in [0.29, 0.717) is 38.9 Å². The normalized spacial score (nSPS) is 21.2. The number of carbonyl (C=O) groups is 3. The predicted molar refractivity (Wildman–Crippen MR) is 219 cm³/mol. The zero-order valence-corrected chi connectivity index (χ0v) is 32.8. The zero-order chi connectivity index (χ0) is 40.2. The van der Waals surface area contributed by atoms with Crippen LogP contribution in [0, 0.1) is 35.5 Å². The molecule has 306 valence electrons. The molecule has 14 heteroatoms. The van der Waals surface area contributed by atoms with Gasteiger partial charge in [0.1, 0.15) is 11.6 Å². The number of carboxylic acids is 3. The van der Waals surface area contributed by atoms with E-state index in [1.807, 2.05) is 48.5 Å². The van der Waals surface area contributed by atoms with E-state index in [4.69, 9.17) is 9.97 Å². The van der Waals surface area contributed by atoms with Crippen molar-refractivity contribution in [3.63, 3.8) is 0 Å². The molecule has 5 aromatic rings. The van der Waals surface area contributed by atoms with Crippen molar-refractivity contribution in [3.8, 4) is 0 Å². The Hall–Kier alpha value is -5.15. The van der Waals surface area contributed by atoms with Crippen molar-refractivity contribution in [2.45, 2.75) is 58.2 Å². The van der Waals surface area contributed by atoms with Gasteiger partial charge in [-0.3, -0.25) is 19.3 Å². The van der Waals surface area contributed by atoms with Gasteiger partial charge in [0, 0.05) is 6.54 Å². The van der Waals surface area contributed by atoms with Crippen molar-refractivity contribution in [1.82, 2.24) is 40.8 Å². The zero-order valence-electron chi connectivity index (χ0n) is 32.8. The van der Waals surface area contributed by atoms with E-state index in [1.54, 1.807) is 0 Å². The third-order valence-corrected chi connectivity index (χ3v) is 12.7. The first kappa shape index (κ1) is 39.7. The van der Waals surface area contributed by atoms with Crippen molar-refractivity contribution in [3.05, 3.63) is 94.6 Å². The Morgan fingerprint density at radius 1 is 0.569 bits per heavy atom. The minimum absolute atomic E-state index is 0.101. The van der Waals surface area contributed by atoms with E-state index in [1.165, 1.54) is 0 Å². The third kappa shape index (κ3) is 9.42. The average molecular weight is 791 g/mol. The number of hydrogen-bond donors (Lipinski definition) is 8. The lowest BCUT2D eigenvalue weighted by Gasteiger charge is -2.22. The average Bonchev–Trinajstić information content (AvgIpc) is 4.05. The van der Waals surface area contributed by atoms with Gasteiger partial charge in [-0.1, -0.05) is 36.4 Å². The van der Waals surface area contributed by atoms with Crippen LogP contribution in [0.25, 0.3) is 22.1 Å². The van der Waals surface area contributed by atoms with Crippen LogP contribution in [-0.4, -0.2) is 97.3 Å². The predicted octanol–water partition coefficient (Wildman–Crippen LogP) is 4.20. The van der Waals surface area contributed by atoms with Gasteiger partial charge in [0.05, 0.1) is 52.9 Å². The molecular formula is C44H54N8O6. The van der Waals surface area contributed by atoms with Crippen LogP contribution in [0.5, 0.6) is 0 Å². The summed E-state index contributed by atoms with van der Waals surface area (Å²) in [6, 6.07) is 20.1. The molecule has 6 unspecified atom stereocenters. The Morgan fingerprint density at radius 2 is 0.983 bits per heavy atom. The maximum atomic E-state index is 12.3. The monoisotopic (exact) mass is 790 g/mol. The second kappa shape index (κ2) is 17.8. The smallest absolute Gasteiger partial charge is 0.307 e. The number of nitrogens with one attached hydrogen (secondary N) is 5. The molecule has 0 spiro atoms. The maximum Gasteiger partial charge on any atom is 0.307 e. The first-order valence-electron chi connectivity index (χ1n) is 20.7. The molecule has 0 radical (unpaired) electrons. The number of carboxylic acid groups (broad SMARTS) is 3. The summed E-state index contributed by atoms with van der Waals surface area (Å²) >= 11 is 0. The van der Waals surface area contributed by atoms with Gasteiger partial charge in [0.2, 0.25) is 0 Å². The molecule has 0 aliphatic carbocycles. The van der Waals surface area contributed by atoms with Crippen molar-refractivity contribution < 1.29 is 29.7 Å². The highest BCUT2D eigenvalue weighted by atomic mass is 16.4. The summed E-state index contributed by atoms with van der Waals surface area (Å²) in [5, 5.41) is 40.1. The van der Waals surface area contributed by atoms with E-state index in [0.717, 1.165) is 115 Å². The fourth-order valence-corrected chi connectivity index (χ4v) is 9.52. The Labute approximate surface area is 337 Å². The molecule has 6 atom stereocenters. The molecule has 5 heterocycles. The second-order valence-electron chi connectivity index (χ2n) is 16.7. The number of imidazole rings is 2. The van der Waals surface area contributed by atoms with Crippen LogP contribution in [0.4, 0.5) is 0 Å². The summed E-state index contributed by atoms with van der Waals surface area (Å²) in [5.74, 6) is -1.82. The topological polar surface area (TPSA) is 209 Å². The molecule has 8 rings (SSSR count). The second-order valence-corrected chi connectivity index (χ2v) is 16.7. The number of nitrogens with zero attached hydrogens (tertiary/aromatic N) is 3. The lowest BCUT2D eigenvalue weighted by atomic mass is 9.86. The van der Waals surface area contributed by atoms with E-state index in [-0.39, 0.29) is 17.8 Å². The number of aromatic nitrogens is 4. The molecule has 3 aliphatic rings. The summed E-state index contributed by atoms with van der Waals surface area (Å²) in [7, 11) is 0. The molecule has 0 amide bonds. The Kier molecular flexibility index (Phi) is 12.2. The molecule has 2 aromatic heterocycles. The van der Waals surface area contributed by atoms with Gasteiger partial charge >= 0.3 is 17.9 Å². The van der Waals surface area contributed by atoms with Gasteiger partial charge < -0.3 is 41.2 Å². The van der Waals surface area contributed by atoms with Gasteiger partial charge in [0.15, 0.2) is 0 Å². The quantitative estimate of drug-likeness (QED) is 0.0629. The number of aliphatic carboxylic acids is 3. The van der Waals surface area contributed by atoms with Crippen LogP contribution in [0.2, 0.25) is 0 Å². The Balaban J connectivity index is 1.04. The van der Waals surface area contributed by atoms with Crippen LogP contribution in [0.3, 0.4) is 0 Å². The number of H-pyrrole nitrogens is 2. The maximum absolute atomic E-state index is 12.3. The fraction of sp³-hybridized carbons (Fsp3) is 0.477. The fourth-order valence-electron chi connectivity index (χ4n) is 9.52. The van der Waals surface area contributed by atoms with Crippen molar-refractivity contribution in [2.24, 2.45) is 35.5 Å². The summed E-state index contributed by atoms with van der Waals surface area (Å²) in [5.41, 5.74) is 7.28. The minimum atomic E-state index is -0.763. The molecular weight excluding hydrogens is 737 g/mol. The number of aromatic amines is 2. The van der Waals surface area contributed by atoms with Crippen LogP contribution >= 0.6 is 0 Å². The highest BCUT2D eigenvalue weighted by Gasteiger charge is 2.33. The van der Waals surface area contributed by atoms with Crippen LogP contribution in [-0.2, 0) is 53.3 Å². The molecule has 8 N–H and O–H groups in total. The SMILES string of the molecule is O=C(O)C(Cc1cccc(CN(Cc2nc3ccc(CC(C(=O)O)C4CCNC4)cc3[nH]2)Cc2nc3ccc(CC(C(=O)O)C4CCNC4)cc3[nH]2)c1)C1CCNC1. The van der Waals surface area contributed by atoms with Crippen molar-refractivity contribution in [2.75, 3.05) is 39.3 Å². The van der Waals surface area contributed by atoms with Crippen molar-refractivity contribution in [1.29, 1.82) is 0 Å². The number of hydrogen-bond acceptors (Lipinski definition) is 9. The van der Waals surface area contributed by atoms with Gasteiger partial charge in [-0.2, -0.15) is 0 Å². The van der Waals surface area contributed by atoms with Crippen LogP contribution in [0.15, 0.2) is 60.7 Å². The van der Waals surface area contributed by atoms with Crippen LogP contribution < -0.4 is 16.0 Å². The first-order valence-corrected chi connectivity index (χ1v) is 20.7. The van der Waals surface area contributed by atoms with E-state index >= 15 is 0 Å². The van der Waals surface area contributed by atoms with E-state index < -0.39 is 35.7 Å². The third-order valence-electron chi connectivity index (χ3n) is 12.7. The summed E-state index contributed by atoms with van der Waals surface area (Å²) < 4.78 is 0. The molecule has 14 nitrogen and oxygen atoms in total. The van der Waals surface area contributed by atoms with Gasteiger partial charge in [0.25, 0.3) is 0 Å². The molecule has 3 fully saturated rings. The summed E-state index contributed by atoms with van der Waals surface area (Å²) in [6.45, 7) is 6.18. The van der Waals surface area contributed by atoms with Gasteiger partial charge in [-0.05, 0) is 142 Å². The highest BCUT2D eigenvalue weighted by Crippen LogP contribution is 2.28. The summed E-state index contributed by atoms with van der Waals surface area (Å²) in [4.78, 5) is 55.9. The number of fused-ring (bicyclic) bond motifs is 2. The van der Waals surface area contributed by atoms with Crippen molar-refractivity contribution >= 4 is 40.0 Å². The standard InChI is InChI=1S/C44H54N8O6/c53-42(54)33(30-8-11-45-20-30)15-26-2-1-3-29(14-26)23-52(24-40-48-36-6-4-27(18-38(36)50-40)16-34(43(55)56)31-9-12-46-21-31)25-41-49-37-7-5-28(19-39(37)51-41)17-35(44(57)58)32-10-13-47-22-32/h1-7,14,18-19,30-35,45-47H,8-13,15-17,20-25H2,(H,48,50)(H,49,51)(H,53,54)(H,55,56)(H,57,58). The molecule has 0 bridgehead atoms. The highest BCUT2D eigenvalue weighted by molar-refractivity contribution is 5.78. The molecule has 3 saturated heterocycles. The first-order chi connectivity index (χ1) is 28.1. The lowest BCUT2D eigenvalue weighted by molar-refractivity contribution is -0.144. The molecule has 58 heavy (non-hydrogen) atoms. The number of rotatable bonds is 18. The lowest BCUT2D eigenvalue weighted by Crippen LogP contribution is -2.27.